The van der Waals surface area contributed by atoms with Gasteiger partial charge >= 0.3 is 0 Å². The first-order chi connectivity index (χ1) is 13.4. The average Bonchev–Trinajstić information content (AvgIpc) is 2.71. The minimum Gasteiger partial charge on any atom is -0.497 e. The average molecular weight is 400 g/mol. The van der Waals surface area contributed by atoms with E-state index in [2.05, 4.69) is 4.98 Å². The van der Waals surface area contributed by atoms with Gasteiger partial charge in [0.2, 0.25) is 0 Å². The van der Waals surface area contributed by atoms with Crippen molar-refractivity contribution in [1.82, 2.24) is 4.98 Å². The number of benzene rings is 2. The summed E-state index contributed by atoms with van der Waals surface area (Å²) in [5.41, 5.74) is 15.0. The zero-order valence-electron chi connectivity index (χ0n) is 16.4. The molecule has 1 aromatic heterocycles. The van der Waals surface area contributed by atoms with Crippen molar-refractivity contribution < 1.29 is 9.47 Å². The van der Waals surface area contributed by atoms with Crippen molar-refractivity contribution in [2.45, 2.75) is 24.8 Å². The number of fused-ring (bicyclic) bond motifs is 1. The molecule has 0 bridgehead atoms. The number of rotatable bonds is 7. The van der Waals surface area contributed by atoms with Crippen molar-refractivity contribution in [3.05, 3.63) is 64.8 Å². The Hall–Kier alpha value is -2.34. The highest BCUT2D eigenvalue weighted by atomic mass is 35.5. The highest BCUT2D eigenvalue weighted by Gasteiger charge is 2.32. The molecular weight excluding hydrogens is 374 g/mol. The van der Waals surface area contributed by atoms with Gasteiger partial charge in [0.25, 0.3) is 0 Å². The normalized spacial score (nSPS) is 14.5. The summed E-state index contributed by atoms with van der Waals surface area (Å²) in [6.45, 7) is 2.31. The van der Waals surface area contributed by atoms with Crippen LogP contribution in [0.3, 0.4) is 0 Å². The summed E-state index contributed by atoms with van der Waals surface area (Å²) in [6.07, 6.45) is 2.43. The predicted octanol–water partition coefficient (Wildman–Crippen LogP) is 3.91. The van der Waals surface area contributed by atoms with Gasteiger partial charge in [-0.15, -0.1) is 0 Å². The standard InChI is InChI=1S/C22H26ClN3O2/c1-22(25,13-24)19(11-14-10-16(27-2)5-7-21(14)28-3)17-8-9-26-20-12-15(23)4-6-18(17)20/h4-10,12,19H,11,13,24-25H2,1-3H3. The molecule has 0 spiro atoms. The van der Waals surface area contributed by atoms with Gasteiger partial charge in [-0.05, 0) is 60.9 Å². The Morgan fingerprint density at radius 2 is 1.89 bits per heavy atom. The first kappa shape index (κ1) is 20.4. The van der Waals surface area contributed by atoms with E-state index in [0.717, 1.165) is 33.5 Å². The summed E-state index contributed by atoms with van der Waals surface area (Å²) in [7, 11) is 3.31. The Balaban J connectivity index is 2.15. The van der Waals surface area contributed by atoms with Gasteiger partial charge in [-0.25, -0.2) is 0 Å². The zero-order chi connectivity index (χ0) is 20.3. The van der Waals surface area contributed by atoms with Crippen molar-refractivity contribution >= 4 is 22.5 Å². The molecule has 0 aliphatic rings. The van der Waals surface area contributed by atoms with E-state index in [1.54, 1.807) is 20.4 Å². The molecular formula is C22H26ClN3O2. The molecule has 5 nitrogen and oxygen atoms in total. The summed E-state index contributed by atoms with van der Waals surface area (Å²) in [5, 5.41) is 1.67. The fraction of sp³-hybridized carbons (Fsp3) is 0.318. The van der Waals surface area contributed by atoms with Crippen molar-refractivity contribution in [3.8, 4) is 11.5 Å². The van der Waals surface area contributed by atoms with Gasteiger partial charge in [-0.2, -0.15) is 0 Å². The molecule has 2 atom stereocenters. The maximum absolute atomic E-state index is 6.68. The molecule has 0 radical (unpaired) electrons. The van der Waals surface area contributed by atoms with E-state index in [-0.39, 0.29) is 5.92 Å². The molecule has 2 unspecified atom stereocenters. The molecule has 148 valence electrons. The largest absolute Gasteiger partial charge is 0.497 e. The third kappa shape index (κ3) is 4.07. The molecule has 3 rings (SSSR count). The van der Waals surface area contributed by atoms with Gasteiger partial charge in [0.05, 0.1) is 19.7 Å². The molecule has 0 saturated heterocycles. The zero-order valence-corrected chi connectivity index (χ0v) is 17.2. The smallest absolute Gasteiger partial charge is 0.122 e. The quantitative estimate of drug-likeness (QED) is 0.629. The van der Waals surface area contributed by atoms with Crippen LogP contribution in [0, 0.1) is 0 Å². The molecule has 6 heteroatoms. The van der Waals surface area contributed by atoms with Crippen LogP contribution in [0.4, 0.5) is 0 Å². The Kier molecular flexibility index (Phi) is 6.08. The lowest BCUT2D eigenvalue weighted by atomic mass is 9.76. The van der Waals surface area contributed by atoms with Crippen LogP contribution >= 0.6 is 11.6 Å². The minimum atomic E-state index is -0.637. The van der Waals surface area contributed by atoms with Crippen LogP contribution in [-0.2, 0) is 6.42 Å². The lowest BCUT2D eigenvalue weighted by molar-refractivity contribution is 0.369. The van der Waals surface area contributed by atoms with E-state index in [1.165, 1.54) is 0 Å². The van der Waals surface area contributed by atoms with Gasteiger partial charge in [-0.3, -0.25) is 4.98 Å². The first-order valence-corrected chi connectivity index (χ1v) is 9.51. The van der Waals surface area contributed by atoms with Crippen molar-refractivity contribution in [3.63, 3.8) is 0 Å². The fourth-order valence-corrected chi connectivity index (χ4v) is 3.72. The SMILES string of the molecule is COc1ccc(OC)c(CC(c2ccnc3cc(Cl)ccc23)C(C)(N)CN)c1. The Labute approximate surface area is 170 Å². The molecule has 4 N–H and O–H groups in total. The molecule has 28 heavy (non-hydrogen) atoms. The molecule has 1 heterocycles. The number of nitrogens with zero attached hydrogens (tertiary/aromatic N) is 1. The van der Waals surface area contributed by atoms with Crippen molar-refractivity contribution in [2.75, 3.05) is 20.8 Å². The molecule has 2 aromatic carbocycles. The van der Waals surface area contributed by atoms with E-state index >= 15 is 0 Å². The summed E-state index contributed by atoms with van der Waals surface area (Å²) >= 11 is 6.16. The topological polar surface area (TPSA) is 83.4 Å². The van der Waals surface area contributed by atoms with E-state index in [4.69, 9.17) is 32.5 Å². The van der Waals surface area contributed by atoms with Gasteiger partial charge in [-0.1, -0.05) is 17.7 Å². The molecule has 0 fully saturated rings. The number of halogens is 1. The van der Waals surface area contributed by atoms with Crippen LogP contribution in [0.25, 0.3) is 10.9 Å². The first-order valence-electron chi connectivity index (χ1n) is 9.13. The third-order valence-corrected chi connectivity index (χ3v) is 5.50. The van der Waals surface area contributed by atoms with Gasteiger partial charge < -0.3 is 20.9 Å². The van der Waals surface area contributed by atoms with E-state index in [0.29, 0.717) is 18.0 Å². The lowest BCUT2D eigenvalue weighted by Crippen LogP contribution is -2.50. The monoisotopic (exact) mass is 399 g/mol. The van der Waals surface area contributed by atoms with Gasteiger partial charge in [0, 0.05) is 34.6 Å². The summed E-state index contributed by atoms with van der Waals surface area (Å²) in [6, 6.07) is 13.5. The maximum Gasteiger partial charge on any atom is 0.122 e. The Bertz CT molecular complexity index is 975. The van der Waals surface area contributed by atoms with Crippen LogP contribution in [-0.4, -0.2) is 31.3 Å². The summed E-state index contributed by atoms with van der Waals surface area (Å²) in [5.74, 6) is 1.50. The molecule has 0 aliphatic carbocycles. The summed E-state index contributed by atoms with van der Waals surface area (Å²) < 4.78 is 11.0. The van der Waals surface area contributed by atoms with Crippen LogP contribution in [0.2, 0.25) is 5.02 Å². The highest BCUT2D eigenvalue weighted by molar-refractivity contribution is 6.31. The number of pyridine rings is 1. The number of ether oxygens (including phenoxy) is 2. The van der Waals surface area contributed by atoms with Crippen LogP contribution in [0.1, 0.15) is 24.0 Å². The Morgan fingerprint density at radius 3 is 2.57 bits per heavy atom. The second-order valence-corrected chi connectivity index (χ2v) is 7.64. The molecule has 0 amide bonds. The van der Waals surface area contributed by atoms with Crippen LogP contribution in [0.15, 0.2) is 48.7 Å². The molecule has 0 saturated carbocycles. The number of hydrogen-bond donors (Lipinski definition) is 2. The second-order valence-electron chi connectivity index (χ2n) is 7.21. The highest BCUT2D eigenvalue weighted by Crippen LogP contribution is 2.37. The van der Waals surface area contributed by atoms with E-state index < -0.39 is 5.54 Å². The molecule has 0 aliphatic heterocycles. The predicted molar refractivity (Wildman–Crippen MR) is 114 cm³/mol. The maximum atomic E-state index is 6.68. The number of aromatic nitrogens is 1. The van der Waals surface area contributed by atoms with Crippen molar-refractivity contribution in [1.29, 1.82) is 0 Å². The van der Waals surface area contributed by atoms with Gasteiger partial charge in [0.15, 0.2) is 0 Å². The van der Waals surface area contributed by atoms with Crippen molar-refractivity contribution in [2.24, 2.45) is 11.5 Å². The fourth-order valence-electron chi connectivity index (χ4n) is 3.55. The third-order valence-electron chi connectivity index (χ3n) is 5.26. The Morgan fingerprint density at radius 1 is 1.11 bits per heavy atom. The second kappa shape index (κ2) is 8.35. The number of nitrogens with two attached hydrogens (primary N) is 2. The van der Waals surface area contributed by atoms with Gasteiger partial charge in [0.1, 0.15) is 11.5 Å². The van der Waals surface area contributed by atoms with Crippen LogP contribution in [0.5, 0.6) is 11.5 Å². The number of hydrogen-bond acceptors (Lipinski definition) is 5. The number of methoxy groups -OCH3 is 2. The van der Waals surface area contributed by atoms with E-state index in [1.807, 2.05) is 49.4 Å². The van der Waals surface area contributed by atoms with E-state index in [9.17, 15) is 0 Å². The minimum absolute atomic E-state index is 0.0646. The molecule has 3 aromatic rings. The van der Waals surface area contributed by atoms with Crippen LogP contribution < -0.4 is 20.9 Å². The lowest BCUT2D eigenvalue weighted by Gasteiger charge is -2.34. The summed E-state index contributed by atoms with van der Waals surface area (Å²) in [4.78, 5) is 4.46.